The third kappa shape index (κ3) is 5.78. The number of carboxylic acids is 1. The van der Waals surface area contributed by atoms with E-state index in [9.17, 15) is 23.1 Å². The summed E-state index contributed by atoms with van der Waals surface area (Å²) in [5, 5.41) is 9.58. The van der Waals surface area contributed by atoms with Crippen LogP contribution in [0.2, 0.25) is 0 Å². The van der Waals surface area contributed by atoms with E-state index < -0.39 is 23.8 Å². The fourth-order valence-corrected chi connectivity index (χ4v) is 3.36. The van der Waals surface area contributed by atoms with Crippen LogP contribution in [-0.4, -0.2) is 36.1 Å². The van der Waals surface area contributed by atoms with Crippen LogP contribution in [-0.2, 0) is 30.5 Å². The quantitative estimate of drug-likeness (QED) is 0.737. The van der Waals surface area contributed by atoms with Crippen molar-refractivity contribution < 1.29 is 23.1 Å². The zero-order chi connectivity index (χ0) is 19.8. The summed E-state index contributed by atoms with van der Waals surface area (Å²) in [5.74, 6) is -0.967. The van der Waals surface area contributed by atoms with Gasteiger partial charge in [-0.3, -0.25) is 9.69 Å². The first-order chi connectivity index (χ1) is 12.6. The Morgan fingerprint density at radius 3 is 2.24 bits per heavy atom. The van der Waals surface area contributed by atoms with Gasteiger partial charge in [0.1, 0.15) is 6.04 Å². The standard InChI is InChI=1S/C20H21F3N2O2.2ClH/c1-24(2)17-7-3-13(4-8-17)11-25-12-15-9-16(20(21,22)23)6-5-14(15)10-18(25)19(26)27;;/h3-9,18H,10-12H2,1-2H3,(H,26,27);2*1H. The van der Waals surface area contributed by atoms with Gasteiger partial charge in [0.2, 0.25) is 0 Å². The predicted molar refractivity (Wildman–Crippen MR) is 111 cm³/mol. The fourth-order valence-electron chi connectivity index (χ4n) is 3.36. The summed E-state index contributed by atoms with van der Waals surface area (Å²) in [6.45, 7) is 0.534. The molecule has 0 saturated carbocycles. The van der Waals surface area contributed by atoms with Crippen LogP contribution in [0.15, 0.2) is 42.5 Å². The number of carbonyl (C=O) groups is 1. The maximum absolute atomic E-state index is 13.0. The van der Waals surface area contributed by atoms with Crippen molar-refractivity contribution in [3.05, 3.63) is 64.7 Å². The van der Waals surface area contributed by atoms with Gasteiger partial charge in [-0.2, -0.15) is 13.2 Å². The maximum Gasteiger partial charge on any atom is 0.416 e. The summed E-state index contributed by atoms with van der Waals surface area (Å²) in [7, 11) is 3.85. The molecule has 1 atom stereocenters. The molecule has 0 radical (unpaired) electrons. The zero-order valence-corrected chi connectivity index (χ0v) is 17.6. The second-order valence-electron chi connectivity index (χ2n) is 7.01. The molecule has 2 aromatic carbocycles. The molecule has 4 nitrogen and oxygen atoms in total. The van der Waals surface area contributed by atoms with Crippen LogP contribution in [0.1, 0.15) is 22.3 Å². The Morgan fingerprint density at radius 1 is 1.10 bits per heavy atom. The zero-order valence-electron chi connectivity index (χ0n) is 15.9. The fraction of sp³-hybridized carbons (Fsp3) is 0.350. The van der Waals surface area contributed by atoms with E-state index in [2.05, 4.69) is 0 Å². The molecule has 0 spiro atoms. The number of alkyl halides is 3. The van der Waals surface area contributed by atoms with Crippen LogP contribution < -0.4 is 4.90 Å². The topological polar surface area (TPSA) is 43.8 Å². The van der Waals surface area contributed by atoms with E-state index in [4.69, 9.17) is 0 Å². The number of halogens is 5. The van der Waals surface area contributed by atoms with Crippen molar-refractivity contribution in [2.24, 2.45) is 0 Å². The molecular formula is C20H23Cl2F3N2O2. The first-order valence-electron chi connectivity index (χ1n) is 8.57. The second kappa shape index (κ2) is 9.69. The molecule has 1 heterocycles. The molecule has 0 amide bonds. The van der Waals surface area contributed by atoms with Gasteiger partial charge in [-0.1, -0.05) is 18.2 Å². The Labute approximate surface area is 180 Å². The Morgan fingerprint density at radius 2 is 1.72 bits per heavy atom. The van der Waals surface area contributed by atoms with E-state index in [1.807, 2.05) is 43.3 Å². The molecule has 2 aromatic rings. The van der Waals surface area contributed by atoms with Crippen molar-refractivity contribution in [1.29, 1.82) is 0 Å². The second-order valence-corrected chi connectivity index (χ2v) is 7.01. The minimum absolute atomic E-state index is 0. The SMILES string of the molecule is CN(C)c1ccc(CN2Cc3cc(C(F)(F)F)ccc3CC2C(=O)O)cc1.Cl.Cl. The molecule has 3 rings (SSSR count). The normalized spacial score (nSPS) is 16.2. The Bertz CT molecular complexity index is 843. The maximum atomic E-state index is 13.0. The van der Waals surface area contributed by atoms with E-state index in [1.54, 1.807) is 4.90 Å². The van der Waals surface area contributed by atoms with Gasteiger partial charge in [0.05, 0.1) is 5.56 Å². The van der Waals surface area contributed by atoms with Gasteiger partial charge in [0, 0.05) is 32.9 Å². The molecule has 1 N–H and O–H groups in total. The van der Waals surface area contributed by atoms with Crippen LogP contribution in [0, 0.1) is 0 Å². The highest BCUT2D eigenvalue weighted by Crippen LogP contribution is 2.33. The number of nitrogens with zero attached hydrogens (tertiary/aromatic N) is 2. The predicted octanol–water partition coefficient (Wildman–Crippen LogP) is 4.63. The molecule has 0 aliphatic carbocycles. The summed E-state index contributed by atoms with van der Waals surface area (Å²) in [6.07, 6.45) is -4.22. The molecule has 1 unspecified atom stereocenters. The molecular weight excluding hydrogens is 428 g/mol. The smallest absolute Gasteiger partial charge is 0.416 e. The van der Waals surface area contributed by atoms with Gasteiger partial charge in [-0.05, 0) is 47.4 Å². The van der Waals surface area contributed by atoms with Crippen molar-refractivity contribution >= 4 is 36.5 Å². The van der Waals surface area contributed by atoms with Crippen molar-refractivity contribution in [3.63, 3.8) is 0 Å². The lowest BCUT2D eigenvalue weighted by molar-refractivity contribution is -0.144. The number of hydrogen-bond donors (Lipinski definition) is 1. The monoisotopic (exact) mass is 450 g/mol. The molecule has 1 aliphatic rings. The summed E-state index contributed by atoms with van der Waals surface area (Å²) in [4.78, 5) is 15.4. The Balaban J connectivity index is 0.00000210. The number of fused-ring (bicyclic) bond motifs is 1. The molecule has 0 bridgehead atoms. The van der Waals surface area contributed by atoms with Gasteiger partial charge < -0.3 is 10.0 Å². The van der Waals surface area contributed by atoms with Gasteiger partial charge in [-0.25, -0.2) is 0 Å². The van der Waals surface area contributed by atoms with Gasteiger partial charge in [0.25, 0.3) is 0 Å². The Kier molecular flexibility index (Phi) is 8.38. The van der Waals surface area contributed by atoms with Gasteiger partial charge in [0.15, 0.2) is 0 Å². The van der Waals surface area contributed by atoms with E-state index in [1.165, 1.54) is 6.07 Å². The molecule has 0 aromatic heterocycles. The van der Waals surface area contributed by atoms with Crippen LogP contribution >= 0.6 is 24.8 Å². The number of benzene rings is 2. The highest BCUT2D eigenvalue weighted by Gasteiger charge is 2.35. The molecule has 1 aliphatic heterocycles. The molecule has 9 heteroatoms. The van der Waals surface area contributed by atoms with E-state index in [-0.39, 0.29) is 37.8 Å². The lowest BCUT2D eigenvalue weighted by Gasteiger charge is -2.34. The minimum Gasteiger partial charge on any atom is -0.480 e. The number of hydrogen-bond acceptors (Lipinski definition) is 3. The lowest BCUT2D eigenvalue weighted by atomic mass is 9.92. The van der Waals surface area contributed by atoms with Crippen molar-refractivity contribution in [2.75, 3.05) is 19.0 Å². The van der Waals surface area contributed by atoms with Crippen molar-refractivity contribution in [1.82, 2.24) is 4.90 Å². The van der Waals surface area contributed by atoms with E-state index in [0.717, 1.165) is 23.4 Å². The van der Waals surface area contributed by atoms with Crippen molar-refractivity contribution in [3.8, 4) is 0 Å². The number of aliphatic carboxylic acids is 1. The average Bonchev–Trinajstić information content (AvgIpc) is 2.60. The third-order valence-electron chi connectivity index (χ3n) is 4.88. The molecule has 29 heavy (non-hydrogen) atoms. The van der Waals surface area contributed by atoms with Crippen LogP contribution in [0.25, 0.3) is 0 Å². The van der Waals surface area contributed by atoms with Crippen LogP contribution in [0.3, 0.4) is 0 Å². The summed E-state index contributed by atoms with van der Waals surface area (Å²) in [5.41, 5.74) is 2.43. The third-order valence-corrected chi connectivity index (χ3v) is 4.88. The number of anilines is 1. The van der Waals surface area contributed by atoms with Crippen LogP contribution in [0.4, 0.5) is 18.9 Å². The number of rotatable bonds is 4. The highest BCUT2D eigenvalue weighted by atomic mass is 35.5. The largest absolute Gasteiger partial charge is 0.480 e. The van der Waals surface area contributed by atoms with Gasteiger partial charge >= 0.3 is 12.1 Å². The molecule has 0 saturated heterocycles. The van der Waals surface area contributed by atoms with E-state index >= 15 is 0 Å². The van der Waals surface area contributed by atoms with E-state index in [0.29, 0.717) is 17.7 Å². The van der Waals surface area contributed by atoms with Crippen LogP contribution in [0.5, 0.6) is 0 Å². The minimum atomic E-state index is -4.41. The summed E-state index contributed by atoms with van der Waals surface area (Å²) >= 11 is 0. The highest BCUT2D eigenvalue weighted by molar-refractivity contribution is 5.85. The lowest BCUT2D eigenvalue weighted by Crippen LogP contribution is -2.45. The summed E-state index contributed by atoms with van der Waals surface area (Å²) < 4.78 is 39.0. The van der Waals surface area contributed by atoms with Crippen molar-refractivity contribution in [2.45, 2.75) is 31.7 Å². The number of carboxylic acid groups (broad SMARTS) is 1. The first-order valence-corrected chi connectivity index (χ1v) is 8.57. The van der Waals surface area contributed by atoms with Gasteiger partial charge in [-0.15, -0.1) is 24.8 Å². The molecule has 0 fully saturated rings. The first kappa shape index (κ1) is 25.1. The molecule has 160 valence electrons. The Hall–Kier alpha value is -1.96. The summed E-state index contributed by atoms with van der Waals surface area (Å²) in [6, 6.07) is 10.5. The average molecular weight is 451 g/mol.